The van der Waals surface area contributed by atoms with Crippen LogP contribution in [0.25, 0.3) is 11.0 Å². The van der Waals surface area contributed by atoms with Gasteiger partial charge >= 0.3 is 5.97 Å². The average molecular weight is 436 g/mol. The molecular weight excluding hydrogens is 413 g/mol. The zero-order valence-electron chi connectivity index (χ0n) is 16.7. The average Bonchev–Trinajstić information content (AvgIpc) is 2.97. The number of pyridine rings is 1. The third-order valence-electron chi connectivity index (χ3n) is 4.53. The third kappa shape index (κ3) is 5.19. The molecule has 2 aromatic heterocycles. The number of esters is 1. The molecule has 0 aliphatic carbocycles. The van der Waals surface area contributed by atoms with Crippen molar-refractivity contribution in [1.29, 1.82) is 0 Å². The van der Waals surface area contributed by atoms with Crippen LogP contribution in [0.4, 0.5) is 0 Å². The Bertz CT molecular complexity index is 1030. The van der Waals surface area contributed by atoms with E-state index in [1.807, 2.05) is 32.0 Å². The fourth-order valence-corrected chi connectivity index (χ4v) is 3.53. The molecule has 0 N–H and O–H groups in total. The standard InChI is InChI=1S/C21H23Cl2N3O3/c1-4-28-19(27)6-5-9-29-16-10-13(2)20-17(11-16)26(14(3)24-20)12-15-7-8-18(22)25-21(15)23/h7-8,10-11H,4-6,9,12H2,1-3H3. The van der Waals surface area contributed by atoms with Crippen LogP contribution in [0, 0.1) is 13.8 Å². The van der Waals surface area contributed by atoms with Crippen LogP contribution >= 0.6 is 23.2 Å². The smallest absolute Gasteiger partial charge is 0.305 e. The number of nitrogens with zero attached hydrogens (tertiary/aromatic N) is 3. The maximum absolute atomic E-state index is 11.4. The van der Waals surface area contributed by atoms with E-state index in [9.17, 15) is 4.79 Å². The van der Waals surface area contributed by atoms with E-state index in [1.165, 1.54) is 0 Å². The molecule has 0 atom stereocenters. The molecule has 2 heterocycles. The van der Waals surface area contributed by atoms with Crippen molar-refractivity contribution in [2.24, 2.45) is 0 Å². The Morgan fingerprint density at radius 2 is 1.97 bits per heavy atom. The van der Waals surface area contributed by atoms with Crippen LogP contribution in [0.5, 0.6) is 5.75 Å². The molecule has 0 aliphatic heterocycles. The minimum Gasteiger partial charge on any atom is -0.493 e. The summed E-state index contributed by atoms with van der Waals surface area (Å²) in [5, 5.41) is 0.738. The van der Waals surface area contributed by atoms with Gasteiger partial charge in [0.15, 0.2) is 0 Å². The molecule has 29 heavy (non-hydrogen) atoms. The lowest BCUT2D eigenvalue weighted by Crippen LogP contribution is -2.07. The Kier molecular flexibility index (Phi) is 6.98. The van der Waals surface area contributed by atoms with Crippen LogP contribution in [-0.2, 0) is 16.1 Å². The first-order valence-corrected chi connectivity index (χ1v) is 10.2. The molecule has 6 nitrogen and oxygen atoms in total. The van der Waals surface area contributed by atoms with E-state index in [1.54, 1.807) is 13.0 Å². The maximum atomic E-state index is 11.4. The molecule has 0 saturated carbocycles. The number of carbonyl (C=O) groups is 1. The summed E-state index contributed by atoms with van der Waals surface area (Å²) in [7, 11) is 0. The molecule has 0 bridgehead atoms. The van der Waals surface area contributed by atoms with E-state index in [0.29, 0.717) is 42.9 Å². The molecule has 0 fully saturated rings. The molecule has 0 amide bonds. The zero-order valence-corrected chi connectivity index (χ0v) is 18.2. The van der Waals surface area contributed by atoms with Gasteiger partial charge in [-0.3, -0.25) is 4.79 Å². The number of aromatic nitrogens is 3. The van der Waals surface area contributed by atoms with Crippen molar-refractivity contribution >= 4 is 40.2 Å². The summed E-state index contributed by atoms with van der Waals surface area (Å²) in [6.45, 7) is 7.11. The van der Waals surface area contributed by atoms with Crippen molar-refractivity contribution in [3.05, 3.63) is 51.5 Å². The van der Waals surface area contributed by atoms with Gasteiger partial charge < -0.3 is 14.0 Å². The number of ether oxygens (including phenoxy) is 2. The van der Waals surface area contributed by atoms with Crippen LogP contribution in [0.2, 0.25) is 10.3 Å². The number of hydrogen-bond donors (Lipinski definition) is 0. The summed E-state index contributed by atoms with van der Waals surface area (Å²) in [5.41, 5.74) is 3.75. The fraction of sp³-hybridized carbons (Fsp3) is 0.381. The predicted octanol–water partition coefficient (Wildman–Crippen LogP) is 5.13. The summed E-state index contributed by atoms with van der Waals surface area (Å²) < 4.78 is 12.9. The Morgan fingerprint density at radius 3 is 2.69 bits per heavy atom. The summed E-state index contributed by atoms with van der Waals surface area (Å²) >= 11 is 12.2. The molecule has 3 aromatic rings. The van der Waals surface area contributed by atoms with E-state index >= 15 is 0 Å². The molecule has 154 valence electrons. The van der Waals surface area contributed by atoms with Gasteiger partial charge in [0.05, 0.1) is 30.8 Å². The monoisotopic (exact) mass is 435 g/mol. The number of rotatable bonds is 8. The maximum Gasteiger partial charge on any atom is 0.305 e. The number of carbonyl (C=O) groups excluding carboxylic acids is 1. The number of halogens is 2. The second-order valence-electron chi connectivity index (χ2n) is 6.69. The number of hydrogen-bond acceptors (Lipinski definition) is 5. The van der Waals surface area contributed by atoms with Crippen LogP contribution in [0.3, 0.4) is 0 Å². The third-order valence-corrected chi connectivity index (χ3v) is 5.07. The molecule has 0 unspecified atom stereocenters. The van der Waals surface area contributed by atoms with E-state index in [0.717, 1.165) is 33.7 Å². The lowest BCUT2D eigenvalue weighted by Gasteiger charge is -2.11. The van der Waals surface area contributed by atoms with Crippen LogP contribution in [-0.4, -0.2) is 33.7 Å². The van der Waals surface area contributed by atoms with Crippen molar-refractivity contribution in [3.63, 3.8) is 0 Å². The first-order valence-electron chi connectivity index (χ1n) is 9.46. The van der Waals surface area contributed by atoms with Crippen molar-refractivity contribution in [2.45, 2.75) is 40.2 Å². The minimum atomic E-state index is -0.204. The highest BCUT2D eigenvalue weighted by atomic mass is 35.5. The summed E-state index contributed by atoms with van der Waals surface area (Å²) in [5.74, 6) is 1.40. The molecule has 8 heteroatoms. The summed E-state index contributed by atoms with van der Waals surface area (Å²) in [6.07, 6.45) is 0.939. The first-order chi connectivity index (χ1) is 13.9. The summed E-state index contributed by atoms with van der Waals surface area (Å²) in [6, 6.07) is 7.51. The second kappa shape index (κ2) is 9.46. The molecule has 0 spiro atoms. The van der Waals surface area contributed by atoms with Gasteiger partial charge in [-0.05, 0) is 44.9 Å². The van der Waals surface area contributed by atoms with Gasteiger partial charge in [0.1, 0.15) is 21.9 Å². The molecule has 0 radical (unpaired) electrons. The van der Waals surface area contributed by atoms with Crippen LogP contribution in [0.1, 0.15) is 36.7 Å². The van der Waals surface area contributed by atoms with Crippen molar-refractivity contribution in [1.82, 2.24) is 14.5 Å². The van der Waals surface area contributed by atoms with Gasteiger partial charge in [-0.2, -0.15) is 0 Å². The fourth-order valence-electron chi connectivity index (χ4n) is 3.13. The zero-order chi connectivity index (χ0) is 21.0. The van der Waals surface area contributed by atoms with E-state index < -0.39 is 0 Å². The van der Waals surface area contributed by atoms with Gasteiger partial charge in [0.2, 0.25) is 0 Å². The number of imidazole rings is 1. The van der Waals surface area contributed by atoms with Gasteiger partial charge in [-0.15, -0.1) is 0 Å². The first kappa shape index (κ1) is 21.4. The van der Waals surface area contributed by atoms with Crippen LogP contribution < -0.4 is 4.74 Å². The number of aryl methyl sites for hydroxylation is 2. The Hall–Kier alpha value is -2.31. The predicted molar refractivity (Wildman–Crippen MR) is 114 cm³/mol. The molecule has 0 aliphatic rings. The molecule has 1 aromatic carbocycles. The van der Waals surface area contributed by atoms with Gasteiger partial charge in [0.25, 0.3) is 0 Å². The second-order valence-corrected chi connectivity index (χ2v) is 7.44. The van der Waals surface area contributed by atoms with E-state index in [4.69, 9.17) is 37.7 Å². The highest BCUT2D eigenvalue weighted by Gasteiger charge is 2.14. The normalized spacial score (nSPS) is 11.1. The molecular formula is C21H23Cl2N3O3. The van der Waals surface area contributed by atoms with Crippen molar-refractivity contribution in [3.8, 4) is 5.75 Å². The summed E-state index contributed by atoms with van der Waals surface area (Å²) in [4.78, 5) is 20.2. The Labute approximate surface area is 179 Å². The molecule has 3 rings (SSSR count). The quantitative estimate of drug-likeness (QED) is 0.278. The van der Waals surface area contributed by atoms with Crippen molar-refractivity contribution < 1.29 is 14.3 Å². The van der Waals surface area contributed by atoms with Gasteiger partial charge in [-0.25, -0.2) is 9.97 Å². The van der Waals surface area contributed by atoms with Gasteiger partial charge in [0, 0.05) is 18.1 Å². The lowest BCUT2D eigenvalue weighted by atomic mass is 10.2. The van der Waals surface area contributed by atoms with Crippen LogP contribution in [0.15, 0.2) is 24.3 Å². The number of fused-ring (bicyclic) bond motifs is 1. The minimum absolute atomic E-state index is 0.204. The topological polar surface area (TPSA) is 66.2 Å². The lowest BCUT2D eigenvalue weighted by molar-refractivity contribution is -0.143. The van der Waals surface area contributed by atoms with Gasteiger partial charge in [-0.1, -0.05) is 29.3 Å². The van der Waals surface area contributed by atoms with E-state index in [2.05, 4.69) is 9.55 Å². The Balaban J connectivity index is 1.80. The van der Waals surface area contributed by atoms with Crippen molar-refractivity contribution in [2.75, 3.05) is 13.2 Å². The largest absolute Gasteiger partial charge is 0.493 e. The highest BCUT2D eigenvalue weighted by molar-refractivity contribution is 6.32. The SMILES string of the molecule is CCOC(=O)CCCOc1cc(C)c2nc(C)n(Cc3ccc(Cl)nc3Cl)c2c1. The number of benzene rings is 1. The molecule has 0 saturated heterocycles. The van der Waals surface area contributed by atoms with E-state index in [-0.39, 0.29) is 5.97 Å². The Morgan fingerprint density at radius 1 is 1.17 bits per heavy atom. The highest BCUT2D eigenvalue weighted by Crippen LogP contribution is 2.28.